The average Bonchev–Trinajstić information content (AvgIpc) is 2.87. The highest BCUT2D eigenvalue weighted by Crippen LogP contribution is 2.25. The average molecular weight is 227 g/mol. The highest BCUT2D eigenvalue weighted by Gasteiger charge is 2.33. The van der Waals surface area contributed by atoms with Crippen molar-refractivity contribution in [2.24, 2.45) is 0 Å². The SMILES string of the molecule is CCC1CCCN1CC1CCC(C(=O)O)O1. The van der Waals surface area contributed by atoms with Crippen molar-refractivity contribution in [3.63, 3.8) is 0 Å². The first-order valence-corrected chi connectivity index (χ1v) is 6.33. The molecule has 2 fully saturated rings. The first kappa shape index (κ1) is 11.9. The van der Waals surface area contributed by atoms with Gasteiger partial charge < -0.3 is 9.84 Å². The molecule has 0 saturated carbocycles. The third kappa shape index (κ3) is 2.55. The molecule has 2 aliphatic heterocycles. The van der Waals surface area contributed by atoms with Crippen LogP contribution in [0.15, 0.2) is 0 Å². The standard InChI is InChI=1S/C12H21NO3/c1-2-9-4-3-7-13(9)8-10-5-6-11(16-10)12(14)15/h9-11H,2-8H2,1H3,(H,14,15). The molecule has 0 aromatic carbocycles. The molecule has 1 N–H and O–H groups in total. The van der Waals surface area contributed by atoms with Gasteiger partial charge in [0.15, 0.2) is 6.10 Å². The lowest BCUT2D eigenvalue weighted by molar-refractivity contribution is -0.149. The van der Waals surface area contributed by atoms with Crippen LogP contribution < -0.4 is 0 Å². The Morgan fingerprint density at radius 1 is 1.44 bits per heavy atom. The van der Waals surface area contributed by atoms with E-state index in [1.54, 1.807) is 0 Å². The first-order valence-electron chi connectivity index (χ1n) is 6.33. The molecule has 0 aliphatic carbocycles. The van der Waals surface area contributed by atoms with E-state index in [0.29, 0.717) is 12.5 Å². The van der Waals surface area contributed by atoms with Gasteiger partial charge in [0.05, 0.1) is 6.10 Å². The van der Waals surface area contributed by atoms with Gasteiger partial charge >= 0.3 is 5.97 Å². The summed E-state index contributed by atoms with van der Waals surface area (Å²) in [6, 6.07) is 0.687. The van der Waals surface area contributed by atoms with Gasteiger partial charge in [-0.2, -0.15) is 0 Å². The third-order valence-corrected chi connectivity index (χ3v) is 3.79. The molecule has 2 heterocycles. The molecule has 16 heavy (non-hydrogen) atoms. The van der Waals surface area contributed by atoms with Crippen LogP contribution in [0.2, 0.25) is 0 Å². The summed E-state index contributed by atoms with van der Waals surface area (Å²) in [6.07, 6.45) is 4.88. The van der Waals surface area contributed by atoms with Crippen molar-refractivity contribution in [2.45, 2.75) is 57.3 Å². The van der Waals surface area contributed by atoms with E-state index in [-0.39, 0.29) is 6.10 Å². The van der Waals surface area contributed by atoms with Crippen LogP contribution in [0.4, 0.5) is 0 Å². The van der Waals surface area contributed by atoms with Crippen LogP contribution in [0.25, 0.3) is 0 Å². The minimum Gasteiger partial charge on any atom is -0.479 e. The highest BCUT2D eigenvalue weighted by molar-refractivity contribution is 5.72. The lowest BCUT2D eigenvalue weighted by Gasteiger charge is -2.26. The Hall–Kier alpha value is -0.610. The molecule has 4 nitrogen and oxygen atoms in total. The molecule has 0 aromatic rings. The molecule has 0 aromatic heterocycles. The molecule has 0 bridgehead atoms. The number of rotatable bonds is 4. The van der Waals surface area contributed by atoms with Crippen LogP contribution in [-0.2, 0) is 9.53 Å². The Bertz CT molecular complexity index is 257. The molecule has 2 aliphatic rings. The lowest BCUT2D eigenvalue weighted by atomic mass is 10.1. The Labute approximate surface area is 96.6 Å². The Morgan fingerprint density at radius 2 is 2.25 bits per heavy atom. The number of aliphatic carboxylic acids is 1. The van der Waals surface area contributed by atoms with E-state index in [0.717, 1.165) is 19.5 Å². The van der Waals surface area contributed by atoms with Gasteiger partial charge in [-0.3, -0.25) is 4.90 Å². The van der Waals surface area contributed by atoms with E-state index in [9.17, 15) is 4.79 Å². The van der Waals surface area contributed by atoms with Crippen LogP contribution in [0.3, 0.4) is 0 Å². The van der Waals surface area contributed by atoms with Crippen molar-refractivity contribution >= 4 is 5.97 Å². The molecular formula is C12H21NO3. The zero-order chi connectivity index (χ0) is 11.5. The summed E-state index contributed by atoms with van der Waals surface area (Å²) in [5.74, 6) is -0.809. The van der Waals surface area contributed by atoms with Gasteiger partial charge in [0, 0.05) is 12.6 Å². The largest absolute Gasteiger partial charge is 0.479 e. The molecule has 3 unspecified atom stereocenters. The van der Waals surface area contributed by atoms with Gasteiger partial charge in [0.25, 0.3) is 0 Å². The fourth-order valence-electron chi connectivity index (χ4n) is 2.88. The van der Waals surface area contributed by atoms with Gasteiger partial charge in [-0.15, -0.1) is 0 Å². The van der Waals surface area contributed by atoms with Crippen LogP contribution in [0.1, 0.15) is 39.0 Å². The van der Waals surface area contributed by atoms with Crippen molar-refractivity contribution in [2.75, 3.05) is 13.1 Å². The predicted molar refractivity (Wildman–Crippen MR) is 60.4 cm³/mol. The number of carboxylic acid groups (broad SMARTS) is 1. The zero-order valence-corrected chi connectivity index (χ0v) is 9.89. The number of carbonyl (C=O) groups is 1. The Morgan fingerprint density at radius 3 is 2.88 bits per heavy atom. The van der Waals surface area contributed by atoms with Crippen molar-refractivity contribution in [1.82, 2.24) is 4.90 Å². The van der Waals surface area contributed by atoms with Crippen molar-refractivity contribution in [3.05, 3.63) is 0 Å². The Kier molecular flexibility index (Phi) is 3.82. The zero-order valence-electron chi connectivity index (χ0n) is 9.89. The second-order valence-electron chi connectivity index (χ2n) is 4.86. The first-order chi connectivity index (χ1) is 7.70. The van der Waals surface area contributed by atoms with Crippen LogP contribution in [-0.4, -0.2) is 47.3 Å². The van der Waals surface area contributed by atoms with E-state index in [1.165, 1.54) is 19.3 Å². The summed E-state index contributed by atoms with van der Waals surface area (Å²) in [5.41, 5.74) is 0. The van der Waals surface area contributed by atoms with Gasteiger partial charge in [-0.05, 0) is 38.6 Å². The number of hydrogen-bond acceptors (Lipinski definition) is 3. The van der Waals surface area contributed by atoms with Crippen LogP contribution >= 0.6 is 0 Å². The minimum absolute atomic E-state index is 0.133. The van der Waals surface area contributed by atoms with Crippen molar-refractivity contribution in [3.8, 4) is 0 Å². The summed E-state index contributed by atoms with van der Waals surface area (Å²) in [5, 5.41) is 8.85. The van der Waals surface area contributed by atoms with E-state index in [2.05, 4.69) is 11.8 Å². The van der Waals surface area contributed by atoms with Gasteiger partial charge in [0.2, 0.25) is 0 Å². The summed E-state index contributed by atoms with van der Waals surface area (Å²) >= 11 is 0. The topological polar surface area (TPSA) is 49.8 Å². The quantitative estimate of drug-likeness (QED) is 0.790. The third-order valence-electron chi connectivity index (χ3n) is 3.79. The van der Waals surface area contributed by atoms with Crippen molar-refractivity contribution in [1.29, 1.82) is 0 Å². The smallest absolute Gasteiger partial charge is 0.332 e. The summed E-state index contributed by atoms with van der Waals surface area (Å²) < 4.78 is 5.54. The number of likely N-dealkylation sites (tertiary alicyclic amines) is 1. The molecule has 0 spiro atoms. The maximum absolute atomic E-state index is 10.8. The Balaban J connectivity index is 1.80. The highest BCUT2D eigenvalue weighted by atomic mass is 16.5. The summed E-state index contributed by atoms with van der Waals surface area (Å²) in [4.78, 5) is 13.2. The second kappa shape index (κ2) is 5.15. The number of carboxylic acids is 1. The minimum atomic E-state index is -0.809. The molecule has 92 valence electrons. The van der Waals surface area contributed by atoms with Gasteiger partial charge in [-0.1, -0.05) is 6.92 Å². The molecule has 3 atom stereocenters. The number of ether oxygens (including phenoxy) is 1. The molecule has 2 saturated heterocycles. The monoisotopic (exact) mass is 227 g/mol. The molecular weight excluding hydrogens is 206 g/mol. The molecule has 0 radical (unpaired) electrons. The van der Waals surface area contributed by atoms with Gasteiger partial charge in [0.1, 0.15) is 0 Å². The summed E-state index contributed by atoms with van der Waals surface area (Å²) in [7, 11) is 0. The molecule has 4 heteroatoms. The van der Waals surface area contributed by atoms with Crippen LogP contribution in [0.5, 0.6) is 0 Å². The maximum atomic E-state index is 10.8. The number of hydrogen-bond donors (Lipinski definition) is 1. The van der Waals surface area contributed by atoms with E-state index >= 15 is 0 Å². The predicted octanol–water partition coefficient (Wildman–Crippen LogP) is 1.49. The van der Waals surface area contributed by atoms with Gasteiger partial charge in [-0.25, -0.2) is 4.79 Å². The van der Waals surface area contributed by atoms with E-state index in [4.69, 9.17) is 9.84 Å². The normalized spacial score (nSPS) is 35.7. The van der Waals surface area contributed by atoms with Crippen LogP contribution in [0, 0.1) is 0 Å². The fraction of sp³-hybridized carbons (Fsp3) is 0.917. The van der Waals surface area contributed by atoms with E-state index in [1.807, 2.05) is 0 Å². The molecule has 0 amide bonds. The van der Waals surface area contributed by atoms with Crippen molar-refractivity contribution < 1.29 is 14.6 Å². The summed E-state index contributed by atoms with van der Waals surface area (Å²) in [6.45, 7) is 4.29. The fourth-order valence-corrected chi connectivity index (χ4v) is 2.88. The number of nitrogens with zero attached hydrogens (tertiary/aromatic N) is 1. The lowest BCUT2D eigenvalue weighted by Crippen LogP contribution is -2.36. The second-order valence-corrected chi connectivity index (χ2v) is 4.86. The molecule has 2 rings (SSSR count). The maximum Gasteiger partial charge on any atom is 0.332 e. The van der Waals surface area contributed by atoms with E-state index < -0.39 is 12.1 Å².